The standard InChI is InChI=1S/C16H12Cl2FNO5/c17-9-6-10(18)11(19)5-8(9)14-7-20(3-4-24-14)15(21)12-1-2-13(25-12)16(22)23/h1-2,5-6,14H,3-4,7H2,(H,22,23). The molecule has 0 bridgehead atoms. The van der Waals surface area contributed by atoms with E-state index in [1.165, 1.54) is 29.2 Å². The van der Waals surface area contributed by atoms with Crippen molar-refractivity contribution >= 4 is 35.1 Å². The number of aromatic carboxylic acids is 1. The Labute approximate surface area is 151 Å². The van der Waals surface area contributed by atoms with E-state index in [1.54, 1.807) is 0 Å². The summed E-state index contributed by atoms with van der Waals surface area (Å²) in [6.45, 7) is 0.609. The molecule has 1 aliphatic heterocycles. The highest BCUT2D eigenvalue weighted by atomic mass is 35.5. The number of morpholine rings is 1. The van der Waals surface area contributed by atoms with Gasteiger partial charge in [-0.1, -0.05) is 23.2 Å². The largest absolute Gasteiger partial charge is 0.475 e. The maximum absolute atomic E-state index is 13.7. The van der Waals surface area contributed by atoms with Gasteiger partial charge in [0.05, 0.1) is 18.2 Å². The molecule has 3 rings (SSSR count). The molecule has 0 saturated carbocycles. The Bertz CT molecular complexity index is 838. The first-order chi connectivity index (χ1) is 11.9. The van der Waals surface area contributed by atoms with Crippen LogP contribution in [0.15, 0.2) is 28.7 Å². The average Bonchev–Trinajstić information content (AvgIpc) is 3.08. The normalized spacial score (nSPS) is 17.6. The highest BCUT2D eigenvalue weighted by molar-refractivity contribution is 6.35. The van der Waals surface area contributed by atoms with E-state index in [9.17, 15) is 14.0 Å². The van der Waals surface area contributed by atoms with Crippen LogP contribution in [0.3, 0.4) is 0 Å². The lowest BCUT2D eigenvalue weighted by Crippen LogP contribution is -2.42. The Balaban J connectivity index is 1.80. The fraction of sp³-hybridized carbons (Fsp3) is 0.250. The molecule has 1 N–H and O–H groups in total. The minimum Gasteiger partial charge on any atom is -0.475 e. The summed E-state index contributed by atoms with van der Waals surface area (Å²) in [4.78, 5) is 24.8. The molecule has 1 aromatic carbocycles. The Morgan fingerprint density at radius 1 is 1.20 bits per heavy atom. The van der Waals surface area contributed by atoms with Gasteiger partial charge in [0, 0.05) is 17.1 Å². The summed E-state index contributed by atoms with van der Waals surface area (Å²) < 4.78 is 24.3. The Hall–Kier alpha value is -2.09. The summed E-state index contributed by atoms with van der Waals surface area (Å²) in [6.07, 6.45) is -0.633. The zero-order chi connectivity index (χ0) is 18.1. The minimum atomic E-state index is -1.26. The number of hydrogen-bond donors (Lipinski definition) is 1. The molecule has 0 radical (unpaired) electrons. The van der Waals surface area contributed by atoms with Gasteiger partial charge < -0.3 is 19.2 Å². The first kappa shape index (κ1) is 17.7. The van der Waals surface area contributed by atoms with Gasteiger partial charge in [0.2, 0.25) is 5.76 Å². The molecule has 1 saturated heterocycles. The first-order valence-corrected chi connectivity index (χ1v) is 8.01. The molecule has 1 atom stereocenters. The maximum atomic E-state index is 13.7. The topological polar surface area (TPSA) is 80.0 Å². The third kappa shape index (κ3) is 3.63. The van der Waals surface area contributed by atoms with Gasteiger partial charge >= 0.3 is 5.97 Å². The van der Waals surface area contributed by atoms with Crippen LogP contribution in [0.1, 0.15) is 32.8 Å². The quantitative estimate of drug-likeness (QED) is 0.813. The number of hydrogen-bond acceptors (Lipinski definition) is 4. The van der Waals surface area contributed by atoms with Crippen LogP contribution in [0.2, 0.25) is 10.0 Å². The zero-order valence-electron chi connectivity index (χ0n) is 12.7. The fourth-order valence-corrected chi connectivity index (χ4v) is 3.04. The number of furan rings is 1. The van der Waals surface area contributed by atoms with E-state index >= 15 is 0 Å². The molecule has 1 unspecified atom stereocenters. The molecule has 1 fully saturated rings. The number of rotatable bonds is 3. The average molecular weight is 388 g/mol. The molecule has 0 spiro atoms. The molecule has 132 valence electrons. The zero-order valence-corrected chi connectivity index (χ0v) is 14.2. The van der Waals surface area contributed by atoms with E-state index in [4.69, 9.17) is 37.5 Å². The molecule has 1 amide bonds. The van der Waals surface area contributed by atoms with Crippen molar-refractivity contribution in [1.82, 2.24) is 4.90 Å². The van der Waals surface area contributed by atoms with Crippen molar-refractivity contribution < 1.29 is 28.2 Å². The minimum absolute atomic E-state index is 0.0913. The molecule has 2 heterocycles. The van der Waals surface area contributed by atoms with Crippen LogP contribution in [-0.4, -0.2) is 41.6 Å². The lowest BCUT2D eigenvalue weighted by Gasteiger charge is -2.33. The lowest BCUT2D eigenvalue weighted by atomic mass is 10.1. The third-order valence-corrected chi connectivity index (χ3v) is 4.38. The second-order valence-electron chi connectivity index (χ2n) is 5.37. The van der Waals surface area contributed by atoms with Crippen LogP contribution in [0.5, 0.6) is 0 Å². The summed E-state index contributed by atoms with van der Waals surface area (Å²) in [5, 5.41) is 8.99. The fourth-order valence-electron chi connectivity index (χ4n) is 2.53. The molecular weight excluding hydrogens is 376 g/mol. The number of carbonyl (C=O) groups is 2. The van der Waals surface area contributed by atoms with Gasteiger partial charge in [0.1, 0.15) is 11.9 Å². The van der Waals surface area contributed by atoms with Gasteiger partial charge in [0.15, 0.2) is 5.76 Å². The molecule has 9 heteroatoms. The highest BCUT2D eigenvalue weighted by Crippen LogP contribution is 2.32. The van der Waals surface area contributed by atoms with Crippen molar-refractivity contribution in [2.45, 2.75) is 6.10 Å². The number of halogens is 3. The van der Waals surface area contributed by atoms with Gasteiger partial charge in [-0.15, -0.1) is 0 Å². The molecule has 0 aliphatic carbocycles. The van der Waals surface area contributed by atoms with Crippen LogP contribution < -0.4 is 0 Å². The van der Waals surface area contributed by atoms with E-state index in [0.29, 0.717) is 5.56 Å². The smallest absolute Gasteiger partial charge is 0.371 e. The molecule has 1 aromatic heterocycles. The van der Waals surface area contributed by atoms with Gasteiger partial charge in [-0.05, 0) is 24.3 Å². The highest BCUT2D eigenvalue weighted by Gasteiger charge is 2.29. The summed E-state index contributed by atoms with van der Waals surface area (Å²) in [6, 6.07) is 4.96. The van der Waals surface area contributed by atoms with Gasteiger partial charge in [0.25, 0.3) is 5.91 Å². The van der Waals surface area contributed by atoms with Crippen LogP contribution in [0, 0.1) is 5.82 Å². The SMILES string of the molecule is O=C(O)c1ccc(C(=O)N2CCOC(c3cc(F)c(Cl)cc3Cl)C2)o1. The summed E-state index contributed by atoms with van der Waals surface area (Å²) >= 11 is 11.8. The van der Waals surface area contributed by atoms with Crippen LogP contribution >= 0.6 is 23.2 Å². The lowest BCUT2D eigenvalue weighted by molar-refractivity contribution is -0.0238. The number of nitrogens with zero attached hydrogens (tertiary/aromatic N) is 1. The second-order valence-corrected chi connectivity index (χ2v) is 6.18. The number of ether oxygens (including phenoxy) is 1. The number of carbonyl (C=O) groups excluding carboxylic acids is 1. The molecule has 1 aliphatic rings. The van der Waals surface area contributed by atoms with Crippen molar-refractivity contribution in [2.75, 3.05) is 19.7 Å². The Morgan fingerprint density at radius 3 is 2.60 bits per heavy atom. The summed E-state index contributed by atoms with van der Waals surface area (Å²) in [5.41, 5.74) is 0.381. The Kier molecular flexibility index (Phi) is 4.99. The molecule has 6 nitrogen and oxygen atoms in total. The number of benzene rings is 1. The first-order valence-electron chi connectivity index (χ1n) is 7.25. The van der Waals surface area contributed by atoms with Crippen LogP contribution in [0.25, 0.3) is 0 Å². The number of amides is 1. The van der Waals surface area contributed by atoms with E-state index < -0.39 is 23.8 Å². The van der Waals surface area contributed by atoms with Crippen LogP contribution in [-0.2, 0) is 4.74 Å². The van der Waals surface area contributed by atoms with E-state index in [-0.39, 0.29) is 41.3 Å². The molecular formula is C16H12Cl2FNO5. The predicted octanol–water partition coefficient (Wildman–Crippen LogP) is 3.64. The second kappa shape index (κ2) is 7.03. The monoisotopic (exact) mass is 387 g/mol. The van der Waals surface area contributed by atoms with Gasteiger partial charge in [-0.25, -0.2) is 9.18 Å². The van der Waals surface area contributed by atoms with Crippen molar-refractivity contribution in [1.29, 1.82) is 0 Å². The summed E-state index contributed by atoms with van der Waals surface area (Å²) in [5.74, 6) is -2.79. The number of carboxylic acid groups (broad SMARTS) is 1. The van der Waals surface area contributed by atoms with E-state index in [2.05, 4.69) is 0 Å². The predicted molar refractivity (Wildman–Crippen MR) is 86.7 cm³/mol. The van der Waals surface area contributed by atoms with E-state index in [0.717, 1.165) is 0 Å². The third-order valence-electron chi connectivity index (χ3n) is 3.77. The summed E-state index contributed by atoms with van der Waals surface area (Å²) in [7, 11) is 0. The number of carboxylic acids is 1. The molecule has 2 aromatic rings. The van der Waals surface area contributed by atoms with Crippen molar-refractivity contribution in [3.05, 3.63) is 57.2 Å². The van der Waals surface area contributed by atoms with Crippen molar-refractivity contribution in [3.8, 4) is 0 Å². The van der Waals surface area contributed by atoms with E-state index in [1.807, 2.05) is 0 Å². The van der Waals surface area contributed by atoms with Crippen LogP contribution in [0.4, 0.5) is 4.39 Å². The van der Waals surface area contributed by atoms with Crippen molar-refractivity contribution in [2.24, 2.45) is 0 Å². The Morgan fingerprint density at radius 2 is 1.92 bits per heavy atom. The maximum Gasteiger partial charge on any atom is 0.371 e. The van der Waals surface area contributed by atoms with Crippen molar-refractivity contribution in [3.63, 3.8) is 0 Å². The molecule has 25 heavy (non-hydrogen) atoms. The van der Waals surface area contributed by atoms with Gasteiger partial charge in [-0.3, -0.25) is 4.79 Å². The van der Waals surface area contributed by atoms with Gasteiger partial charge in [-0.2, -0.15) is 0 Å².